The summed E-state index contributed by atoms with van der Waals surface area (Å²) in [6.45, 7) is 2.34. The minimum atomic E-state index is -4.85. The second-order valence-electron chi connectivity index (χ2n) is 4.28. The van der Waals surface area contributed by atoms with Gasteiger partial charge in [0.1, 0.15) is 0 Å². The molecule has 1 heterocycles. The molecular formula is C12H17F3N2O2. The van der Waals surface area contributed by atoms with Gasteiger partial charge in [-0.05, 0) is 18.9 Å². The van der Waals surface area contributed by atoms with Crippen molar-refractivity contribution in [1.82, 2.24) is 9.80 Å². The Bertz CT molecular complexity index is 366. The number of carbonyl (C=O) groups is 2. The van der Waals surface area contributed by atoms with Crippen molar-refractivity contribution in [3.05, 3.63) is 12.2 Å². The van der Waals surface area contributed by atoms with Crippen molar-refractivity contribution in [2.45, 2.75) is 25.9 Å². The summed E-state index contributed by atoms with van der Waals surface area (Å²) >= 11 is 0. The summed E-state index contributed by atoms with van der Waals surface area (Å²) in [4.78, 5) is 25.0. The first-order chi connectivity index (χ1) is 8.86. The van der Waals surface area contributed by atoms with Gasteiger partial charge in [0.05, 0.1) is 0 Å². The molecule has 0 unspecified atom stereocenters. The van der Waals surface area contributed by atoms with Crippen LogP contribution >= 0.6 is 0 Å². The molecule has 0 aromatic rings. The summed E-state index contributed by atoms with van der Waals surface area (Å²) in [6.07, 6.45) is -0.653. The lowest BCUT2D eigenvalue weighted by Crippen LogP contribution is -2.43. The molecular weight excluding hydrogens is 261 g/mol. The molecule has 1 aliphatic rings. The molecule has 1 fully saturated rings. The summed E-state index contributed by atoms with van der Waals surface area (Å²) in [5.74, 6) is -2.05. The minimum Gasteiger partial charge on any atom is -0.337 e. The van der Waals surface area contributed by atoms with Crippen LogP contribution < -0.4 is 0 Å². The third-order valence-electron chi connectivity index (χ3n) is 2.83. The van der Waals surface area contributed by atoms with Crippen molar-refractivity contribution >= 4 is 11.8 Å². The van der Waals surface area contributed by atoms with Gasteiger partial charge in [-0.25, -0.2) is 0 Å². The van der Waals surface area contributed by atoms with E-state index in [2.05, 4.69) is 0 Å². The zero-order chi connectivity index (χ0) is 14.5. The van der Waals surface area contributed by atoms with Crippen LogP contribution in [0.15, 0.2) is 12.2 Å². The Hall–Kier alpha value is -1.53. The number of amides is 2. The molecule has 0 saturated carbocycles. The average Bonchev–Trinajstić information content (AvgIpc) is 2.59. The summed E-state index contributed by atoms with van der Waals surface area (Å²) in [5, 5.41) is 0. The fraction of sp³-hybridized carbons (Fsp3) is 0.667. The number of alkyl halides is 3. The van der Waals surface area contributed by atoms with Crippen molar-refractivity contribution < 1.29 is 22.8 Å². The molecule has 0 N–H and O–H groups in total. The Labute approximate surface area is 109 Å². The molecule has 1 saturated heterocycles. The fourth-order valence-electron chi connectivity index (χ4n) is 1.84. The standard InChI is InChI=1S/C12H17F3N2O2/c1-2-3-5-10(18)16-6-4-7-17(9-8-16)11(19)12(13,14)15/h3,5H,2,4,6-9H2,1H3/b5-3+. The van der Waals surface area contributed by atoms with E-state index in [-0.39, 0.29) is 25.5 Å². The van der Waals surface area contributed by atoms with Crippen LogP contribution in [-0.2, 0) is 9.59 Å². The molecule has 0 spiro atoms. The van der Waals surface area contributed by atoms with E-state index in [1.54, 1.807) is 6.08 Å². The summed E-state index contributed by atoms with van der Waals surface area (Å²) in [5.41, 5.74) is 0. The van der Waals surface area contributed by atoms with Crippen molar-refractivity contribution in [2.75, 3.05) is 26.2 Å². The third kappa shape index (κ3) is 4.57. The zero-order valence-corrected chi connectivity index (χ0v) is 10.7. The molecule has 0 aromatic heterocycles. The maximum Gasteiger partial charge on any atom is 0.471 e. The first-order valence-corrected chi connectivity index (χ1v) is 6.17. The van der Waals surface area contributed by atoms with Crippen molar-refractivity contribution in [3.8, 4) is 0 Å². The number of rotatable bonds is 2. The van der Waals surface area contributed by atoms with Gasteiger partial charge < -0.3 is 9.80 Å². The van der Waals surface area contributed by atoms with E-state index >= 15 is 0 Å². The maximum atomic E-state index is 12.3. The van der Waals surface area contributed by atoms with E-state index < -0.39 is 12.1 Å². The van der Waals surface area contributed by atoms with Crippen LogP contribution in [0, 0.1) is 0 Å². The van der Waals surface area contributed by atoms with Crippen LogP contribution in [0.25, 0.3) is 0 Å². The highest BCUT2D eigenvalue weighted by Crippen LogP contribution is 2.19. The third-order valence-corrected chi connectivity index (χ3v) is 2.83. The number of carbonyl (C=O) groups excluding carboxylic acids is 2. The van der Waals surface area contributed by atoms with E-state index in [4.69, 9.17) is 0 Å². The molecule has 4 nitrogen and oxygen atoms in total. The molecule has 0 aliphatic carbocycles. The molecule has 0 radical (unpaired) electrons. The Morgan fingerprint density at radius 1 is 1.11 bits per heavy atom. The van der Waals surface area contributed by atoms with Crippen LogP contribution in [0.3, 0.4) is 0 Å². The number of allylic oxidation sites excluding steroid dienone is 1. The van der Waals surface area contributed by atoms with Crippen molar-refractivity contribution in [3.63, 3.8) is 0 Å². The number of halogens is 3. The average molecular weight is 278 g/mol. The lowest BCUT2D eigenvalue weighted by Gasteiger charge is -2.22. The second kappa shape index (κ2) is 6.58. The van der Waals surface area contributed by atoms with E-state index in [1.807, 2.05) is 6.92 Å². The lowest BCUT2D eigenvalue weighted by atomic mass is 10.3. The van der Waals surface area contributed by atoms with E-state index in [9.17, 15) is 22.8 Å². The Morgan fingerprint density at radius 2 is 1.68 bits per heavy atom. The van der Waals surface area contributed by atoms with Gasteiger partial charge in [0.15, 0.2) is 0 Å². The molecule has 0 aromatic carbocycles. The molecule has 108 valence electrons. The van der Waals surface area contributed by atoms with E-state index in [0.29, 0.717) is 13.0 Å². The van der Waals surface area contributed by atoms with E-state index in [1.165, 1.54) is 11.0 Å². The largest absolute Gasteiger partial charge is 0.471 e. The van der Waals surface area contributed by atoms with Crippen LogP contribution in [0.4, 0.5) is 13.2 Å². The summed E-state index contributed by atoms with van der Waals surface area (Å²) in [7, 11) is 0. The monoisotopic (exact) mass is 278 g/mol. The SMILES string of the molecule is CC/C=C/C(=O)N1CCCN(C(=O)C(F)(F)F)CC1. The number of hydrogen-bond acceptors (Lipinski definition) is 2. The van der Waals surface area contributed by atoms with Crippen LogP contribution in [-0.4, -0.2) is 54.0 Å². The highest BCUT2D eigenvalue weighted by atomic mass is 19.4. The maximum absolute atomic E-state index is 12.3. The zero-order valence-electron chi connectivity index (χ0n) is 10.7. The first-order valence-electron chi connectivity index (χ1n) is 6.17. The van der Waals surface area contributed by atoms with Gasteiger partial charge in [-0.15, -0.1) is 0 Å². The molecule has 1 aliphatic heterocycles. The Morgan fingerprint density at radius 3 is 2.26 bits per heavy atom. The molecule has 0 bridgehead atoms. The fourth-order valence-corrected chi connectivity index (χ4v) is 1.84. The van der Waals surface area contributed by atoms with Gasteiger partial charge in [-0.2, -0.15) is 13.2 Å². The van der Waals surface area contributed by atoms with Gasteiger partial charge in [-0.1, -0.05) is 13.0 Å². The van der Waals surface area contributed by atoms with Gasteiger partial charge >= 0.3 is 12.1 Å². The van der Waals surface area contributed by atoms with Crippen molar-refractivity contribution in [2.24, 2.45) is 0 Å². The molecule has 0 atom stereocenters. The Balaban J connectivity index is 2.59. The van der Waals surface area contributed by atoms with Crippen LogP contribution in [0.1, 0.15) is 19.8 Å². The minimum absolute atomic E-state index is 0.0274. The van der Waals surface area contributed by atoms with E-state index in [0.717, 1.165) is 11.3 Å². The van der Waals surface area contributed by atoms with Gasteiger partial charge in [0, 0.05) is 26.2 Å². The predicted octanol–water partition coefficient (Wildman–Crippen LogP) is 1.58. The normalized spacial score (nSPS) is 17.7. The smallest absolute Gasteiger partial charge is 0.337 e. The quantitative estimate of drug-likeness (QED) is 0.719. The topological polar surface area (TPSA) is 40.6 Å². The van der Waals surface area contributed by atoms with Gasteiger partial charge in [0.2, 0.25) is 5.91 Å². The summed E-state index contributed by atoms with van der Waals surface area (Å²) < 4.78 is 36.9. The van der Waals surface area contributed by atoms with Crippen LogP contribution in [0.2, 0.25) is 0 Å². The summed E-state index contributed by atoms with van der Waals surface area (Å²) in [6, 6.07) is 0. The lowest BCUT2D eigenvalue weighted by molar-refractivity contribution is -0.185. The number of hydrogen-bond donors (Lipinski definition) is 0. The van der Waals surface area contributed by atoms with Crippen molar-refractivity contribution in [1.29, 1.82) is 0 Å². The highest BCUT2D eigenvalue weighted by molar-refractivity contribution is 5.87. The second-order valence-corrected chi connectivity index (χ2v) is 4.28. The first kappa shape index (κ1) is 15.5. The number of nitrogens with zero attached hydrogens (tertiary/aromatic N) is 2. The highest BCUT2D eigenvalue weighted by Gasteiger charge is 2.42. The van der Waals surface area contributed by atoms with Gasteiger partial charge in [-0.3, -0.25) is 9.59 Å². The Kier molecular flexibility index (Phi) is 5.38. The molecule has 2 amide bonds. The van der Waals surface area contributed by atoms with Gasteiger partial charge in [0.25, 0.3) is 0 Å². The predicted molar refractivity (Wildman–Crippen MR) is 63.3 cm³/mol. The molecule has 19 heavy (non-hydrogen) atoms. The molecule has 7 heteroatoms. The molecule has 1 rings (SSSR count). The van der Waals surface area contributed by atoms with Crippen LogP contribution in [0.5, 0.6) is 0 Å².